The highest BCUT2D eigenvalue weighted by Gasteiger charge is 2.31. The second kappa shape index (κ2) is 6.08. The van der Waals surface area contributed by atoms with Crippen molar-refractivity contribution in [3.63, 3.8) is 0 Å². The lowest BCUT2D eigenvalue weighted by molar-refractivity contribution is 0.0740. The molecule has 0 spiro atoms. The van der Waals surface area contributed by atoms with Gasteiger partial charge >= 0.3 is 0 Å². The zero-order chi connectivity index (χ0) is 15.7. The lowest BCUT2D eigenvalue weighted by Crippen LogP contribution is -2.30. The molecule has 1 amide bonds. The van der Waals surface area contributed by atoms with Gasteiger partial charge in [-0.05, 0) is 54.5 Å². The summed E-state index contributed by atoms with van der Waals surface area (Å²) in [5.74, 6) is 1.09. The van der Waals surface area contributed by atoms with E-state index >= 15 is 0 Å². The molecule has 0 aromatic carbocycles. The predicted molar refractivity (Wildman–Crippen MR) is 90.6 cm³/mol. The first kappa shape index (κ1) is 15.0. The number of aryl methyl sites for hydroxylation is 1. The average molecular weight is 315 g/mol. The highest BCUT2D eigenvalue weighted by molar-refractivity contribution is 7.12. The number of aromatic nitrogens is 1. The van der Waals surface area contributed by atoms with E-state index in [0.29, 0.717) is 0 Å². The number of carbonyl (C=O) groups excluding carboxylic acids is 1. The Morgan fingerprint density at radius 3 is 2.91 bits per heavy atom. The number of rotatable bonds is 3. The van der Waals surface area contributed by atoms with Gasteiger partial charge in [0.15, 0.2) is 0 Å². The fourth-order valence-corrected chi connectivity index (χ4v) is 3.78. The third kappa shape index (κ3) is 2.86. The van der Waals surface area contributed by atoms with Crippen LogP contribution in [0.3, 0.4) is 0 Å². The van der Waals surface area contributed by atoms with Crippen molar-refractivity contribution in [1.29, 1.82) is 0 Å². The quantitative estimate of drug-likeness (QED) is 0.870. The van der Waals surface area contributed by atoms with Crippen molar-refractivity contribution in [2.45, 2.75) is 25.8 Å². The van der Waals surface area contributed by atoms with Gasteiger partial charge in [0.2, 0.25) is 0 Å². The third-order valence-corrected chi connectivity index (χ3v) is 5.10. The third-order valence-electron chi connectivity index (χ3n) is 4.07. The Kier molecular flexibility index (Phi) is 4.16. The van der Waals surface area contributed by atoms with Crippen LogP contribution in [0.25, 0.3) is 0 Å². The van der Waals surface area contributed by atoms with Crippen molar-refractivity contribution < 1.29 is 4.79 Å². The summed E-state index contributed by atoms with van der Waals surface area (Å²) in [7, 11) is 3.97. The molecule has 0 saturated carbocycles. The van der Waals surface area contributed by atoms with Gasteiger partial charge in [0.25, 0.3) is 5.91 Å². The molecule has 0 aliphatic carbocycles. The van der Waals surface area contributed by atoms with Crippen LogP contribution in [0.4, 0.5) is 5.82 Å². The molecule has 116 valence electrons. The normalized spacial score (nSPS) is 17.8. The standard InChI is InChI=1S/C17H21N3OS/c1-12-9-15(22-11-12)17(21)20-8-4-5-14(20)13-6-7-18-16(10-13)19(2)3/h6-7,9-11,14H,4-5,8H2,1-3H3/t14-/m1/s1. The Morgan fingerprint density at radius 2 is 2.23 bits per heavy atom. The van der Waals surface area contributed by atoms with E-state index in [0.717, 1.165) is 35.6 Å². The number of thiophene rings is 1. The number of hydrogen-bond donors (Lipinski definition) is 0. The summed E-state index contributed by atoms with van der Waals surface area (Å²) in [6.45, 7) is 2.86. The average Bonchev–Trinajstić information content (AvgIpc) is 3.15. The van der Waals surface area contributed by atoms with E-state index < -0.39 is 0 Å². The van der Waals surface area contributed by atoms with Gasteiger partial charge in [0.05, 0.1) is 10.9 Å². The summed E-state index contributed by atoms with van der Waals surface area (Å²) in [5.41, 5.74) is 2.33. The summed E-state index contributed by atoms with van der Waals surface area (Å²) in [6, 6.07) is 6.27. The molecule has 0 radical (unpaired) electrons. The van der Waals surface area contributed by atoms with Gasteiger partial charge in [0.1, 0.15) is 5.82 Å². The minimum absolute atomic E-state index is 0.156. The van der Waals surface area contributed by atoms with Crippen LogP contribution in [0.5, 0.6) is 0 Å². The number of anilines is 1. The van der Waals surface area contributed by atoms with E-state index in [1.54, 1.807) is 0 Å². The van der Waals surface area contributed by atoms with Crippen molar-refractivity contribution in [3.8, 4) is 0 Å². The molecule has 2 aromatic rings. The Bertz CT molecular complexity index is 680. The number of amides is 1. The van der Waals surface area contributed by atoms with Gasteiger partial charge in [0, 0.05) is 26.8 Å². The number of carbonyl (C=O) groups is 1. The predicted octanol–water partition coefficient (Wildman–Crippen LogP) is 3.49. The highest BCUT2D eigenvalue weighted by Crippen LogP contribution is 2.34. The van der Waals surface area contributed by atoms with Crippen molar-refractivity contribution >= 4 is 23.1 Å². The van der Waals surface area contributed by atoms with Crippen LogP contribution >= 0.6 is 11.3 Å². The fraction of sp³-hybridized carbons (Fsp3) is 0.412. The van der Waals surface area contributed by atoms with Gasteiger partial charge in [-0.2, -0.15) is 0 Å². The van der Waals surface area contributed by atoms with Gasteiger partial charge in [-0.1, -0.05) is 0 Å². The number of likely N-dealkylation sites (tertiary alicyclic amines) is 1. The molecule has 0 unspecified atom stereocenters. The van der Waals surface area contributed by atoms with E-state index in [1.807, 2.05) is 54.5 Å². The number of hydrogen-bond acceptors (Lipinski definition) is 4. The van der Waals surface area contributed by atoms with Crippen LogP contribution < -0.4 is 4.90 Å². The van der Waals surface area contributed by atoms with Crippen LogP contribution in [-0.4, -0.2) is 36.4 Å². The molecule has 0 N–H and O–H groups in total. The van der Waals surface area contributed by atoms with Crippen LogP contribution in [0.1, 0.15) is 39.7 Å². The smallest absolute Gasteiger partial charge is 0.264 e. The van der Waals surface area contributed by atoms with Crippen LogP contribution in [0.15, 0.2) is 29.8 Å². The molecule has 1 atom stereocenters. The minimum atomic E-state index is 0.156. The molecule has 3 rings (SSSR count). The van der Waals surface area contributed by atoms with Crippen molar-refractivity contribution in [2.24, 2.45) is 0 Å². The van der Waals surface area contributed by atoms with Crippen molar-refractivity contribution in [1.82, 2.24) is 9.88 Å². The van der Waals surface area contributed by atoms with Crippen molar-refractivity contribution in [3.05, 3.63) is 45.8 Å². The Balaban J connectivity index is 1.87. The maximum Gasteiger partial charge on any atom is 0.264 e. The number of nitrogens with zero attached hydrogens (tertiary/aromatic N) is 3. The van der Waals surface area contributed by atoms with Gasteiger partial charge in [-0.15, -0.1) is 11.3 Å². The highest BCUT2D eigenvalue weighted by atomic mass is 32.1. The summed E-state index contributed by atoms with van der Waals surface area (Å²) in [6.07, 6.45) is 3.91. The summed E-state index contributed by atoms with van der Waals surface area (Å²) in [5, 5.41) is 2.04. The van der Waals surface area contributed by atoms with Gasteiger partial charge in [-0.25, -0.2) is 4.98 Å². The molecule has 2 aromatic heterocycles. The molecule has 1 saturated heterocycles. The molecule has 4 nitrogen and oxygen atoms in total. The first-order valence-electron chi connectivity index (χ1n) is 7.55. The second-order valence-corrected chi connectivity index (χ2v) is 6.90. The van der Waals surface area contributed by atoms with E-state index in [-0.39, 0.29) is 11.9 Å². The maximum absolute atomic E-state index is 12.8. The Hall–Kier alpha value is -1.88. The van der Waals surface area contributed by atoms with E-state index in [9.17, 15) is 4.79 Å². The fourth-order valence-electron chi connectivity index (χ4n) is 2.93. The summed E-state index contributed by atoms with van der Waals surface area (Å²) < 4.78 is 0. The first-order chi connectivity index (χ1) is 10.6. The van der Waals surface area contributed by atoms with Crippen LogP contribution in [0.2, 0.25) is 0 Å². The van der Waals surface area contributed by atoms with E-state index in [2.05, 4.69) is 11.1 Å². The number of pyridine rings is 1. The topological polar surface area (TPSA) is 36.4 Å². The molecule has 3 heterocycles. The molecular formula is C17H21N3OS. The molecule has 22 heavy (non-hydrogen) atoms. The zero-order valence-corrected chi connectivity index (χ0v) is 14.1. The molecule has 1 aliphatic rings. The van der Waals surface area contributed by atoms with Crippen LogP contribution in [-0.2, 0) is 0 Å². The SMILES string of the molecule is Cc1csc(C(=O)N2CCC[C@@H]2c2ccnc(N(C)C)c2)c1. The minimum Gasteiger partial charge on any atom is -0.363 e. The Morgan fingerprint density at radius 1 is 1.41 bits per heavy atom. The lowest BCUT2D eigenvalue weighted by atomic mass is 10.1. The lowest BCUT2D eigenvalue weighted by Gasteiger charge is -2.25. The van der Waals surface area contributed by atoms with Gasteiger partial charge < -0.3 is 9.80 Å². The molecular weight excluding hydrogens is 294 g/mol. The van der Waals surface area contributed by atoms with Crippen LogP contribution in [0, 0.1) is 6.92 Å². The Labute approximate surface area is 135 Å². The largest absolute Gasteiger partial charge is 0.363 e. The maximum atomic E-state index is 12.8. The van der Waals surface area contributed by atoms with Gasteiger partial charge in [-0.3, -0.25) is 4.79 Å². The molecule has 0 bridgehead atoms. The molecule has 1 fully saturated rings. The summed E-state index contributed by atoms with van der Waals surface area (Å²) >= 11 is 1.54. The zero-order valence-electron chi connectivity index (χ0n) is 13.2. The molecule has 5 heteroatoms. The first-order valence-corrected chi connectivity index (χ1v) is 8.43. The van der Waals surface area contributed by atoms with E-state index in [1.165, 1.54) is 16.9 Å². The monoisotopic (exact) mass is 315 g/mol. The van der Waals surface area contributed by atoms with Crippen molar-refractivity contribution in [2.75, 3.05) is 25.5 Å². The second-order valence-electron chi connectivity index (χ2n) is 5.99. The molecule has 1 aliphatic heterocycles. The summed E-state index contributed by atoms with van der Waals surface area (Å²) in [4.78, 5) is 22.0. The van der Waals surface area contributed by atoms with E-state index in [4.69, 9.17) is 0 Å².